The number of amides is 2. The molecule has 2 rings (SSSR count). The SMILES string of the molecule is CC(=O)NC[C@@H]1C=C(C)[C@H](CC(=O)N2CCOCC2)C[C@H]1C(C)C. The Morgan fingerprint density at radius 1 is 1.33 bits per heavy atom. The van der Waals surface area contributed by atoms with Crippen LogP contribution in [0.1, 0.15) is 40.5 Å². The molecule has 136 valence electrons. The third-order valence-electron chi connectivity index (χ3n) is 5.46. The standard InChI is InChI=1S/C19H32N2O3/c1-13(2)18-10-16(11-19(23)21-5-7-24-8-6-21)14(3)9-17(18)12-20-15(4)22/h9,13,16-18H,5-8,10-12H2,1-4H3,(H,20,22)/t16-,17-,18-/m0/s1. The van der Waals surface area contributed by atoms with Gasteiger partial charge in [-0.1, -0.05) is 25.5 Å². The average molecular weight is 336 g/mol. The number of nitrogens with one attached hydrogen (secondary N) is 1. The molecule has 0 aromatic carbocycles. The van der Waals surface area contributed by atoms with Gasteiger partial charge in [0.25, 0.3) is 0 Å². The molecule has 0 radical (unpaired) electrons. The fourth-order valence-corrected chi connectivity index (χ4v) is 3.92. The number of carbonyl (C=O) groups excluding carboxylic acids is 2. The van der Waals surface area contributed by atoms with E-state index >= 15 is 0 Å². The van der Waals surface area contributed by atoms with E-state index in [0.717, 1.165) is 6.42 Å². The highest BCUT2D eigenvalue weighted by Gasteiger charge is 2.33. The van der Waals surface area contributed by atoms with Gasteiger partial charge in [-0.3, -0.25) is 9.59 Å². The van der Waals surface area contributed by atoms with Gasteiger partial charge in [-0.2, -0.15) is 0 Å². The molecular formula is C19H32N2O3. The summed E-state index contributed by atoms with van der Waals surface area (Å²) < 4.78 is 5.33. The molecule has 0 unspecified atom stereocenters. The lowest BCUT2D eigenvalue weighted by atomic mass is 9.69. The number of hydrogen-bond acceptors (Lipinski definition) is 3. The Hall–Kier alpha value is -1.36. The van der Waals surface area contributed by atoms with Gasteiger partial charge in [0.05, 0.1) is 13.2 Å². The molecule has 0 saturated carbocycles. The average Bonchev–Trinajstić information content (AvgIpc) is 2.55. The van der Waals surface area contributed by atoms with E-state index in [2.05, 4.69) is 32.2 Å². The third kappa shape index (κ3) is 5.07. The third-order valence-corrected chi connectivity index (χ3v) is 5.46. The Labute approximate surface area is 145 Å². The van der Waals surface area contributed by atoms with Crippen LogP contribution < -0.4 is 5.32 Å². The van der Waals surface area contributed by atoms with Crippen LogP contribution in [0, 0.1) is 23.7 Å². The summed E-state index contributed by atoms with van der Waals surface area (Å²) in [7, 11) is 0. The van der Waals surface area contributed by atoms with Gasteiger partial charge in [-0.25, -0.2) is 0 Å². The molecular weight excluding hydrogens is 304 g/mol. The summed E-state index contributed by atoms with van der Waals surface area (Å²) in [6.45, 7) is 11.6. The second kappa shape index (κ2) is 8.65. The van der Waals surface area contributed by atoms with Crippen molar-refractivity contribution in [2.75, 3.05) is 32.8 Å². The summed E-state index contributed by atoms with van der Waals surface area (Å²) in [6.07, 6.45) is 3.92. The normalized spacial score (nSPS) is 27.8. The molecule has 1 saturated heterocycles. The Morgan fingerprint density at radius 2 is 2.00 bits per heavy atom. The smallest absolute Gasteiger partial charge is 0.223 e. The summed E-state index contributed by atoms with van der Waals surface area (Å²) >= 11 is 0. The summed E-state index contributed by atoms with van der Waals surface area (Å²) in [5, 5.41) is 2.96. The van der Waals surface area contributed by atoms with Gasteiger partial charge >= 0.3 is 0 Å². The van der Waals surface area contributed by atoms with E-state index in [-0.39, 0.29) is 11.8 Å². The van der Waals surface area contributed by atoms with E-state index < -0.39 is 0 Å². The van der Waals surface area contributed by atoms with E-state index in [1.807, 2.05) is 4.90 Å². The molecule has 0 spiro atoms. The van der Waals surface area contributed by atoms with E-state index in [9.17, 15) is 9.59 Å². The number of nitrogens with zero attached hydrogens (tertiary/aromatic N) is 1. The molecule has 24 heavy (non-hydrogen) atoms. The van der Waals surface area contributed by atoms with Crippen LogP contribution in [0.5, 0.6) is 0 Å². The number of carbonyl (C=O) groups is 2. The molecule has 2 amide bonds. The number of morpholine rings is 1. The number of allylic oxidation sites excluding steroid dienone is 1. The van der Waals surface area contributed by atoms with Gasteiger partial charge < -0.3 is 15.0 Å². The minimum atomic E-state index is 0.0215. The topological polar surface area (TPSA) is 58.6 Å². The van der Waals surface area contributed by atoms with Crippen molar-refractivity contribution in [2.45, 2.75) is 40.5 Å². The molecule has 2 aliphatic rings. The largest absolute Gasteiger partial charge is 0.378 e. The Balaban J connectivity index is 2.01. The number of hydrogen-bond donors (Lipinski definition) is 1. The maximum atomic E-state index is 12.6. The fraction of sp³-hybridized carbons (Fsp3) is 0.789. The molecule has 1 aliphatic carbocycles. The first-order chi connectivity index (χ1) is 11.4. The molecule has 0 aromatic heterocycles. The molecule has 0 bridgehead atoms. The van der Waals surface area contributed by atoms with Crippen LogP contribution in [-0.2, 0) is 14.3 Å². The van der Waals surface area contributed by atoms with Gasteiger partial charge in [0.1, 0.15) is 0 Å². The first kappa shape index (κ1) is 19.0. The van der Waals surface area contributed by atoms with Crippen LogP contribution in [0.25, 0.3) is 0 Å². The quantitative estimate of drug-likeness (QED) is 0.783. The van der Waals surface area contributed by atoms with Gasteiger partial charge in [-0.05, 0) is 37.0 Å². The van der Waals surface area contributed by atoms with Crippen molar-refractivity contribution in [1.29, 1.82) is 0 Å². The highest BCUT2D eigenvalue weighted by atomic mass is 16.5. The first-order valence-electron chi connectivity index (χ1n) is 9.16. The Kier molecular flexibility index (Phi) is 6.84. The van der Waals surface area contributed by atoms with E-state index in [1.165, 1.54) is 5.57 Å². The zero-order valence-electron chi connectivity index (χ0n) is 15.5. The lowest BCUT2D eigenvalue weighted by molar-refractivity contribution is -0.136. The predicted molar refractivity (Wildman–Crippen MR) is 94.4 cm³/mol. The van der Waals surface area contributed by atoms with Crippen LogP contribution in [0.2, 0.25) is 0 Å². The van der Waals surface area contributed by atoms with Crippen LogP contribution in [0.15, 0.2) is 11.6 Å². The van der Waals surface area contributed by atoms with Crippen molar-refractivity contribution in [3.63, 3.8) is 0 Å². The van der Waals surface area contributed by atoms with E-state index in [0.29, 0.717) is 62.9 Å². The minimum Gasteiger partial charge on any atom is -0.378 e. The van der Waals surface area contributed by atoms with Crippen molar-refractivity contribution >= 4 is 11.8 Å². The molecule has 3 atom stereocenters. The molecule has 1 heterocycles. The van der Waals surface area contributed by atoms with E-state index in [4.69, 9.17) is 4.74 Å². The van der Waals surface area contributed by atoms with Crippen molar-refractivity contribution in [1.82, 2.24) is 10.2 Å². The van der Waals surface area contributed by atoms with Gasteiger partial charge in [0.2, 0.25) is 11.8 Å². The minimum absolute atomic E-state index is 0.0215. The van der Waals surface area contributed by atoms with Gasteiger partial charge in [0.15, 0.2) is 0 Å². The monoisotopic (exact) mass is 336 g/mol. The first-order valence-corrected chi connectivity index (χ1v) is 9.16. The summed E-state index contributed by atoms with van der Waals surface area (Å²) in [4.78, 5) is 25.7. The lowest BCUT2D eigenvalue weighted by Crippen LogP contribution is -2.42. The van der Waals surface area contributed by atoms with Crippen molar-refractivity contribution in [3.8, 4) is 0 Å². The van der Waals surface area contributed by atoms with Crippen LogP contribution in [0.3, 0.4) is 0 Å². The van der Waals surface area contributed by atoms with Crippen LogP contribution >= 0.6 is 0 Å². The summed E-state index contributed by atoms with van der Waals surface area (Å²) in [5.41, 5.74) is 1.30. The zero-order chi connectivity index (χ0) is 17.7. The van der Waals surface area contributed by atoms with Crippen molar-refractivity contribution in [3.05, 3.63) is 11.6 Å². The molecule has 1 N–H and O–H groups in total. The predicted octanol–water partition coefficient (Wildman–Crippen LogP) is 2.23. The number of rotatable bonds is 5. The van der Waals surface area contributed by atoms with Gasteiger partial charge in [0, 0.05) is 33.0 Å². The number of ether oxygens (including phenoxy) is 1. The Morgan fingerprint density at radius 3 is 2.58 bits per heavy atom. The molecule has 5 nitrogen and oxygen atoms in total. The maximum Gasteiger partial charge on any atom is 0.223 e. The van der Waals surface area contributed by atoms with Crippen molar-refractivity contribution in [2.24, 2.45) is 23.7 Å². The highest BCUT2D eigenvalue weighted by molar-refractivity contribution is 5.77. The van der Waals surface area contributed by atoms with Crippen molar-refractivity contribution < 1.29 is 14.3 Å². The lowest BCUT2D eigenvalue weighted by Gasteiger charge is -2.38. The fourth-order valence-electron chi connectivity index (χ4n) is 3.92. The van der Waals surface area contributed by atoms with Crippen LogP contribution in [0.4, 0.5) is 0 Å². The molecule has 1 fully saturated rings. The van der Waals surface area contributed by atoms with Gasteiger partial charge in [-0.15, -0.1) is 0 Å². The van der Waals surface area contributed by atoms with Crippen LogP contribution in [-0.4, -0.2) is 49.6 Å². The maximum absolute atomic E-state index is 12.6. The van der Waals surface area contributed by atoms with E-state index in [1.54, 1.807) is 6.92 Å². The highest BCUT2D eigenvalue weighted by Crippen LogP contribution is 2.39. The zero-order valence-corrected chi connectivity index (χ0v) is 15.5. The Bertz CT molecular complexity index is 481. The molecule has 1 aliphatic heterocycles. The summed E-state index contributed by atoms with van der Waals surface area (Å²) in [6, 6.07) is 0. The second-order valence-corrected chi connectivity index (χ2v) is 7.55. The molecule has 5 heteroatoms. The summed E-state index contributed by atoms with van der Waals surface area (Å²) in [5.74, 6) is 1.99. The second-order valence-electron chi connectivity index (χ2n) is 7.55. The molecule has 0 aromatic rings.